The summed E-state index contributed by atoms with van der Waals surface area (Å²) in [5.41, 5.74) is -0.562. The lowest BCUT2D eigenvalue weighted by Crippen LogP contribution is -2.55. The largest absolute Gasteiger partial charge is 0.391 e. The van der Waals surface area contributed by atoms with Crippen LogP contribution < -0.4 is 5.32 Å². The van der Waals surface area contributed by atoms with Crippen LogP contribution in [0.15, 0.2) is 0 Å². The Morgan fingerprint density at radius 2 is 2.00 bits per heavy atom. The molecule has 0 radical (unpaired) electrons. The number of aliphatic hydroxyl groups excluding tert-OH is 1. The maximum Gasteiger partial charge on any atom is 0.231 e. The molecule has 0 aromatic rings. The van der Waals surface area contributed by atoms with Crippen molar-refractivity contribution in [1.29, 1.82) is 0 Å². The highest BCUT2D eigenvalue weighted by Gasteiger charge is 2.65. The van der Waals surface area contributed by atoms with Crippen LogP contribution in [0.2, 0.25) is 0 Å². The van der Waals surface area contributed by atoms with Gasteiger partial charge >= 0.3 is 0 Å². The molecule has 1 heterocycles. The van der Waals surface area contributed by atoms with Gasteiger partial charge < -0.3 is 15.3 Å². The van der Waals surface area contributed by atoms with Crippen LogP contribution in [0, 0.1) is 16.7 Å². The van der Waals surface area contributed by atoms with Crippen molar-refractivity contribution in [3.8, 4) is 0 Å². The molecule has 102 valence electrons. The van der Waals surface area contributed by atoms with Gasteiger partial charge in [0.2, 0.25) is 5.91 Å². The fourth-order valence-corrected chi connectivity index (χ4v) is 4.39. The van der Waals surface area contributed by atoms with Crippen LogP contribution in [0.25, 0.3) is 0 Å². The summed E-state index contributed by atoms with van der Waals surface area (Å²) in [6.07, 6.45) is 2.41. The third kappa shape index (κ3) is 1.48. The number of nitrogens with one attached hydrogen (secondary N) is 1. The zero-order chi connectivity index (χ0) is 13.0. The Morgan fingerprint density at radius 1 is 1.33 bits per heavy atom. The van der Waals surface area contributed by atoms with Gasteiger partial charge in [0, 0.05) is 26.2 Å². The van der Waals surface area contributed by atoms with Crippen molar-refractivity contribution in [1.82, 2.24) is 10.2 Å². The Bertz CT molecular complexity index is 363. The van der Waals surface area contributed by atoms with Gasteiger partial charge in [-0.15, -0.1) is 0 Å². The lowest BCUT2D eigenvalue weighted by molar-refractivity contribution is -0.152. The SMILES string of the molecule is CC1(C)[C@@H]2CC[C@@](C(=O)N3CCNCC3)(C2)[C@@H]1O. The monoisotopic (exact) mass is 252 g/mol. The minimum Gasteiger partial charge on any atom is -0.391 e. The molecular weight excluding hydrogens is 228 g/mol. The van der Waals surface area contributed by atoms with Crippen molar-refractivity contribution in [2.24, 2.45) is 16.7 Å². The number of amides is 1. The van der Waals surface area contributed by atoms with E-state index in [1.807, 2.05) is 4.90 Å². The topological polar surface area (TPSA) is 52.6 Å². The van der Waals surface area contributed by atoms with E-state index in [2.05, 4.69) is 19.2 Å². The normalized spacial score (nSPS) is 42.3. The summed E-state index contributed by atoms with van der Waals surface area (Å²) in [5.74, 6) is 0.726. The first-order chi connectivity index (χ1) is 8.48. The summed E-state index contributed by atoms with van der Waals surface area (Å²) in [6.45, 7) is 7.58. The first-order valence-electron chi connectivity index (χ1n) is 7.17. The molecule has 1 amide bonds. The van der Waals surface area contributed by atoms with Gasteiger partial charge in [-0.1, -0.05) is 13.8 Å². The van der Waals surface area contributed by atoms with Crippen LogP contribution >= 0.6 is 0 Å². The molecule has 3 fully saturated rings. The maximum atomic E-state index is 12.8. The molecule has 1 aliphatic heterocycles. The van der Waals surface area contributed by atoms with Gasteiger partial charge in [-0.25, -0.2) is 0 Å². The van der Waals surface area contributed by atoms with Gasteiger partial charge in [0.05, 0.1) is 11.5 Å². The summed E-state index contributed by atoms with van der Waals surface area (Å²) < 4.78 is 0. The number of nitrogens with zero attached hydrogens (tertiary/aromatic N) is 1. The van der Waals surface area contributed by atoms with Gasteiger partial charge in [0.15, 0.2) is 0 Å². The van der Waals surface area contributed by atoms with Gasteiger partial charge in [0.25, 0.3) is 0 Å². The number of aliphatic hydroxyl groups is 1. The molecular formula is C14H24N2O2. The molecule has 0 aromatic heterocycles. The summed E-state index contributed by atoms with van der Waals surface area (Å²) in [6, 6.07) is 0. The van der Waals surface area contributed by atoms with Crippen molar-refractivity contribution in [3.05, 3.63) is 0 Å². The fraction of sp³-hybridized carbons (Fsp3) is 0.929. The van der Waals surface area contributed by atoms with Crippen molar-refractivity contribution in [2.75, 3.05) is 26.2 Å². The molecule has 0 aromatic carbocycles. The third-order valence-corrected chi connectivity index (χ3v) is 5.66. The molecule has 2 bridgehead atoms. The van der Waals surface area contributed by atoms with Crippen LogP contribution in [0.1, 0.15) is 33.1 Å². The van der Waals surface area contributed by atoms with E-state index in [0.717, 1.165) is 45.4 Å². The molecule has 0 unspecified atom stereocenters. The average molecular weight is 252 g/mol. The number of carbonyl (C=O) groups excluding carboxylic acids is 1. The lowest BCUT2D eigenvalue weighted by atomic mass is 9.69. The minimum absolute atomic E-state index is 0.0953. The first-order valence-corrected chi connectivity index (χ1v) is 7.17. The van der Waals surface area contributed by atoms with Gasteiger partial charge in [0.1, 0.15) is 0 Å². The van der Waals surface area contributed by atoms with E-state index in [9.17, 15) is 9.90 Å². The zero-order valence-corrected chi connectivity index (χ0v) is 11.4. The second-order valence-corrected chi connectivity index (χ2v) is 6.86. The first kappa shape index (κ1) is 12.4. The van der Waals surface area contributed by atoms with Crippen LogP contribution in [0.4, 0.5) is 0 Å². The van der Waals surface area contributed by atoms with Crippen molar-refractivity contribution >= 4 is 5.91 Å². The number of carbonyl (C=O) groups is 1. The number of hydrogen-bond donors (Lipinski definition) is 2. The molecule has 3 atom stereocenters. The maximum absolute atomic E-state index is 12.8. The molecule has 2 saturated carbocycles. The number of fused-ring (bicyclic) bond motifs is 2. The number of piperazine rings is 1. The summed E-state index contributed by atoms with van der Waals surface area (Å²) >= 11 is 0. The Balaban J connectivity index is 1.84. The second kappa shape index (κ2) is 3.94. The molecule has 0 spiro atoms. The lowest BCUT2D eigenvalue weighted by Gasteiger charge is -2.42. The highest BCUT2D eigenvalue weighted by molar-refractivity contribution is 5.84. The molecule has 3 aliphatic rings. The van der Waals surface area contributed by atoms with Gasteiger partial charge in [-0.05, 0) is 30.6 Å². The Hall–Kier alpha value is -0.610. The smallest absolute Gasteiger partial charge is 0.231 e. The minimum atomic E-state index is -0.467. The van der Waals surface area contributed by atoms with Crippen LogP contribution in [0.5, 0.6) is 0 Å². The quantitative estimate of drug-likeness (QED) is 0.719. The predicted molar refractivity (Wildman–Crippen MR) is 69.0 cm³/mol. The molecule has 3 rings (SSSR count). The molecule has 1 saturated heterocycles. The van der Waals surface area contributed by atoms with E-state index in [1.54, 1.807) is 0 Å². The Morgan fingerprint density at radius 3 is 2.56 bits per heavy atom. The Labute approximate surface area is 109 Å². The van der Waals surface area contributed by atoms with E-state index in [1.165, 1.54) is 0 Å². The summed E-state index contributed by atoms with van der Waals surface area (Å²) in [4.78, 5) is 14.8. The van der Waals surface area contributed by atoms with Gasteiger partial charge in [-0.3, -0.25) is 4.79 Å². The average Bonchev–Trinajstić information content (AvgIpc) is 2.90. The zero-order valence-electron chi connectivity index (χ0n) is 11.4. The van der Waals surface area contributed by atoms with E-state index in [-0.39, 0.29) is 11.3 Å². The highest BCUT2D eigenvalue weighted by atomic mass is 16.3. The predicted octanol–water partition coefficient (Wildman–Crippen LogP) is 0.605. The standard InChI is InChI=1S/C14H24N2O2/c1-13(2)10-3-4-14(9-10,11(13)17)12(18)16-7-5-15-6-8-16/h10-11,15,17H,3-9H2,1-2H3/t10-,11-,14-/m1/s1. The van der Waals surface area contributed by atoms with Crippen LogP contribution in [-0.2, 0) is 4.79 Å². The fourth-order valence-electron chi connectivity index (χ4n) is 4.39. The Kier molecular flexibility index (Phi) is 2.72. The summed E-state index contributed by atoms with van der Waals surface area (Å²) in [5, 5.41) is 13.9. The van der Waals surface area contributed by atoms with E-state index in [0.29, 0.717) is 5.92 Å². The van der Waals surface area contributed by atoms with E-state index < -0.39 is 11.5 Å². The van der Waals surface area contributed by atoms with Crippen LogP contribution in [0.3, 0.4) is 0 Å². The summed E-state index contributed by atoms with van der Waals surface area (Å²) in [7, 11) is 0. The molecule has 4 heteroatoms. The second-order valence-electron chi connectivity index (χ2n) is 6.86. The molecule has 18 heavy (non-hydrogen) atoms. The molecule has 2 N–H and O–H groups in total. The van der Waals surface area contributed by atoms with Crippen LogP contribution in [-0.4, -0.2) is 48.2 Å². The third-order valence-electron chi connectivity index (χ3n) is 5.66. The number of rotatable bonds is 1. The van der Waals surface area contributed by atoms with E-state index in [4.69, 9.17) is 0 Å². The molecule has 4 nitrogen and oxygen atoms in total. The molecule has 2 aliphatic carbocycles. The van der Waals surface area contributed by atoms with Gasteiger partial charge in [-0.2, -0.15) is 0 Å². The van der Waals surface area contributed by atoms with Crippen molar-refractivity contribution in [3.63, 3.8) is 0 Å². The van der Waals surface area contributed by atoms with Crippen molar-refractivity contribution in [2.45, 2.75) is 39.2 Å². The van der Waals surface area contributed by atoms with Crippen molar-refractivity contribution < 1.29 is 9.90 Å². The van der Waals surface area contributed by atoms with E-state index >= 15 is 0 Å². The highest BCUT2D eigenvalue weighted by Crippen LogP contribution is 2.63. The number of hydrogen-bond acceptors (Lipinski definition) is 3.